The molecule has 0 saturated heterocycles. The van der Waals surface area contributed by atoms with Crippen LogP contribution in [0.3, 0.4) is 0 Å². The van der Waals surface area contributed by atoms with Crippen molar-refractivity contribution in [3.05, 3.63) is 65.0 Å². The summed E-state index contributed by atoms with van der Waals surface area (Å²) in [5.41, 5.74) is 5.06. The van der Waals surface area contributed by atoms with Crippen LogP contribution in [0.1, 0.15) is 30.9 Å². The molecule has 1 N–H and O–H groups in total. The Morgan fingerprint density at radius 2 is 1.97 bits per heavy atom. The number of hydrogen-bond acceptors (Lipinski definition) is 4. The summed E-state index contributed by atoms with van der Waals surface area (Å²) >= 11 is 1.43. The Balaban J connectivity index is 1.30. The molecule has 0 bridgehead atoms. The van der Waals surface area contributed by atoms with E-state index in [1.807, 2.05) is 52.7 Å². The number of amides is 2. The zero-order valence-corrected chi connectivity index (χ0v) is 17.6. The van der Waals surface area contributed by atoms with Crippen LogP contribution in [0.25, 0.3) is 11.3 Å². The van der Waals surface area contributed by atoms with Gasteiger partial charge in [0.25, 0.3) is 0 Å². The molecule has 1 aliphatic heterocycles. The van der Waals surface area contributed by atoms with E-state index in [0.29, 0.717) is 11.6 Å². The van der Waals surface area contributed by atoms with E-state index in [-0.39, 0.29) is 23.8 Å². The van der Waals surface area contributed by atoms with E-state index in [1.54, 1.807) is 0 Å². The molecule has 2 aromatic carbocycles. The molecule has 1 atom stereocenters. The van der Waals surface area contributed by atoms with Gasteiger partial charge in [0, 0.05) is 28.6 Å². The summed E-state index contributed by atoms with van der Waals surface area (Å²) in [7, 11) is 0. The highest BCUT2D eigenvalue weighted by atomic mass is 32.1. The van der Waals surface area contributed by atoms with Gasteiger partial charge < -0.3 is 10.2 Å². The Labute approximate surface area is 179 Å². The van der Waals surface area contributed by atoms with Crippen LogP contribution in [0.2, 0.25) is 0 Å². The van der Waals surface area contributed by atoms with Gasteiger partial charge in [-0.3, -0.25) is 9.59 Å². The molecule has 1 aliphatic carbocycles. The van der Waals surface area contributed by atoms with Crippen LogP contribution < -0.4 is 10.2 Å². The highest BCUT2D eigenvalue weighted by Gasteiger charge is 2.39. The average molecular weight is 418 g/mol. The van der Waals surface area contributed by atoms with E-state index in [0.717, 1.165) is 41.8 Å². The lowest BCUT2D eigenvalue weighted by Gasteiger charge is -2.22. The van der Waals surface area contributed by atoms with Gasteiger partial charge in [-0.25, -0.2) is 4.98 Å². The first-order valence-electron chi connectivity index (χ1n) is 10.3. The molecule has 1 saturated carbocycles. The fraction of sp³-hybridized carbons (Fsp3) is 0.292. The smallest absolute Gasteiger partial charge is 0.230 e. The molecular formula is C24H23N3O2S. The number of benzene rings is 2. The molecule has 1 aromatic heterocycles. The molecular weight excluding hydrogens is 394 g/mol. The topological polar surface area (TPSA) is 62.3 Å². The van der Waals surface area contributed by atoms with Gasteiger partial charge in [0.2, 0.25) is 11.8 Å². The molecule has 0 radical (unpaired) electrons. The normalized spacial score (nSPS) is 17.6. The third-order valence-corrected chi connectivity index (χ3v) is 6.47. The van der Waals surface area contributed by atoms with E-state index in [2.05, 4.69) is 23.3 Å². The standard InChI is InChI=1S/C24H23N3O2S/c1-15-11-19-13-18(9-10-21(19)27(15)23(29)17-7-8-17)20-14-30-24(25-20)26-22(28)12-16-5-3-2-4-6-16/h2-6,9-10,13-15,17H,7-8,11-12H2,1H3,(H,25,26,28)/t15-/m0/s1. The third kappa shape index (κ3) is 3.75. The summed E-state index contributed by atoms with van der Waals surface area (Å²) < 4.78 is 0. The largest absolute Gasteiger partial charge is 0.309 e. The zero-order chi connectivity index (χ0) is 20.7. The van der Waals surface area contributed by atoms with E-state index in [9.17, 15) is 9.59 Å². The van der Waals surface area contributed by atoms with Crippen molar-refractivity contribution in [1.82, 2.24) is 4.98 Å². The number of aromatic nitrogens is 1. The minimum atomic E-state index is -0.0703. The Hall–Kier alpha value is -2.99. The molecule has 3 aromatic rings. The molecule has 1 fully saturated rings. The van der Waals surface area contributed by atoms with Crippen LogP contribution in [0.4, 0.5) is 10.8 Å². The van der Waals surface area contributed by atoms with Gasteiger partial charge in [0.15, 0.2) is 5.13 Å². The molecule has 6 heteroatoms. The minimum Gasteiger partial charge on any atom is -0.309 e. The molecule has 2 amide bonds. The quantitative estimate of drug-likeness (QED) is 0.656. The number of rotatable bonds is 5. The van der Waals surface area contributed by atoms with Gasteiger partial charge in [0.1, 0.15) is 0 Å². The summed E-state index contributed by atoms with van der Waals surface area (Å²) in [6.07, 6.45) is 3.24. The van der Waals surface area contributed by atoms with E-state index in [4.69, 9.17) is 0 Å². The van der Waals surface area contributed by atoms with Crippen LogP contribution in [0.5, 0.6) is 0 Å². The highest BCUT2D eigenvalue weighted by molar-refractivity contribution is 7.14. The molecule has 30 heavy (non-hydrogen) atoms. The molecule has 5 rings (SSSR count). The van der Waals surface area contributed by atoms with E-state index >= 15 is 0 Å². The van der Waals surface area contributed by atoms with Crippen molar-refractivity contribution in [1.29, 1.82) is 0 Å². The van der Waals surface area contributed by atoms with Crippen molar-refractivity contribution in [2.75, 3.05) is 10.2 Å². The first kappa shape index (κ1) is 19.0. The average Bonchev–Trinajstić information content (AvgIpc) is 3.40. The predicted octanol–water partition coefficient (Wildman–Crippen LogP) is 4.68. The van der Waals surface area contributed by atoms with E-state index in [1.165, 1.54) is 16.9 Å². The fourth-order valence-electron chi connectivity index (χ4n) is 4.06. The zero-order valence-electron chi connectivity index (χ0n) is 16.8. The lowest BCUT2D eigenvalue weighted by atomic mass is 10.1. The number of nitrogens with zero attached hydrogens (tertiary/aromatic N) is 2. The summed E-state index contributed by atoms with van der Waals surface area (Å²) in [6.45, 7) is 2.11. The molecule has 5 nitrogen and oxygen atoms in total. The molecule has 2 heterocycles. The molecule has 0 spiro atoms. The lowest BCUT2D eigenvalue weighted by Crippen LogP contribution is -2.36. The van der Waals surface area contributed by atoms with E-state index < -0.39 is 0 Å². The second kappa shape index (κ2) is 7.69. The van der Waals surface area contributed by atoms with Gasteiger partial charge >= 0.3 is 0 Å². The monoisotopic (exact) mass is 417 g/mol. The van der Waals surface area contributed by atoms with Crippen molar-refractivity contribution >= 4 is 34.0 Å². The maximum absolute atomic E-state index is 12.6. The van der Waals surface area contributed by atoms with Crippen molar-refractivity contribution in [2.24, 2.45) is 5.92 Å². The summed E-state index contributed by atoms with van der Waals surface area (Å²) in [5.74, 6) is 0.420. The molecule has 2 aliphatic rings. The van der Waals surface area contributed by atoms with Gasteiger partial charge in [-0.1, -0.05) is 36.4 Å². The maximum Gasteiger partial charge on any atom is 0.230 e. The first-order valence-corrected chi connectivity index (χ1v) is 11.2. The number of fused-ring (bicyclic) bond motifs is 1. The summed E-state index contributed by atoms with van der Waals surface area (Å²) in [4.78, 5) is 31.5. The van der Waals surface area contributed by atoms with Crippen molar-refractivity contribution < 1.29 is 9.59 Å². The Kier molecular flexibility index (Phi) is 4.87. The van der Waals surface area contributed by atoms with Crippen molar-refractivity contribution in [3.8, 4) is 11.3 Å². The van der Waals surface area contributed by atoms with Gasteiger partial charge in [-0.05, 0) is 49.4 Å². The van der Waals surface area contributed by atoms with Gasteiger partial charge in [-0.2, -0.15) is 0 Å². The van der Waals surface area contributed by atoms with Gasteiger partial charge in [-0.15, -0.1) is 11.3 Å². The molecule has 0 unspecified atom stereocenters. The van der Waals surface area contributed by atoms with Crippen molar-refractivity contribution in [3.63, 3.8) is 0 Å². The maximum atomic E-state index is 12.6. The van der Waals surface area contributed by atoms with Crippen LogP contribution in [0, 0.1) is 5.92 Å². The number of carbonyl (C=O) groups is 2. The fourth-order valence-corrected chi connectivity index (χ4v) is 4.80. The second-order valence-electron chi connectivity index (χ2n) is 8.13. The Morgan fingerprint density at radius 1 is 1.17 bits per heavy atom. The predicted molar refractivity (Wildman–Crippen MR) is 120 cm³/mol. The van der Waals surface area contributed by atoms with Crippen LogP contribution in [-0.4, -0.2) is 22.8 Å². The molecule has 152 valence electrons. The number of nitrogens with one attached hydrogen (secondary N) is 1. The highest BCUT2D eigenvalue weighted by Crippen LogP contribution is 2.40. The minimum absolute atomic E-state index is 0.0703. The number of carbonyl (C=O) groups excluding carboxylic acids is 2. The number of thiazole rings is 1. The van der Waals surface area contributed by atoms with Crippen LogP contribution >= 0.6 is 11.3 Å². The summed E-state index contributed by atoms with van der Waals surface area (Å²) in [6, 6.07) is 16.1. The van der Waals surface area contributed by atoms with Crippen LogP contribution in [-0.2, 0) is 22.4 Å². The van der Waals surface area contributed by atoms with Crippen LogP contribution in [0.15, 0.2) is 53.9 Å². The first-order chi connectivity index (χ1) is 14.6. The number of hydrogen-bond donors (Lipinski definition) is 1. The van der Waals surface area contributed by atoms with Gasteiger partial charge in [0.05, 0.1) is 12.1 Å². The Morgan fingerprint density at radius 3 is 2.73 bits per heavy atom. The van der Waals surface area contributed by atoms with Crippen molar-refractivity contribution in [2.45, 2.75) is 38.6 Å². The second-order valence-corrected chi connectivity index (χ2v) is 8.99. The number of anilines is 2. The third-order valence-electron chi connectivity index (χ3n) is 5.71. The Bertz CT molecular complexity index is 1100. The SMILES string of the molecule is C[C@H]1Cc2cc(-c3csc(NC(=O)Cc4ccccc4)n3)ccc2N1C(=O)C1CC1. The summed E-state index contributed by atoms with van der Waals surface area (Å²) in [5, 5.41) is 5.46. The lowest BCUT2D eigenvalue weighted by molar-refractivity contribution is -0.120.